The highest BCUT2D eigenvalue weighted by atomic mass is 19.1. The first-order chi connectivity index (χ1) is 14.1. The molecule has 3 fully saturated rings. The number of carbonyl (C=O) groups is 1. The van der Waals surface area contributed by atoms with Crippen molar-refractivity contribution < 1.29 is 9.18 Å². The first kappa shape index (κ1) is 18.1. The number of hydrogen-bond acceptors (Lipinski definition) is 3. The molecule has 3 aromatic rings. The van der Waals surface area contributed by atoms with Crippen LogP contribution in [0.1, 0.15) is 28.8 Å². The van der Waals surface area contributed by atoms with Crippen molar-refractivity contribution in [2.75, 3.05) is 13.1 Å². The Balaban J connectivity index is 1.47. The maximum absolute atomic E-state index is 14.6. The van der Waals surface area contributed by atoms with Gasteiger partial charge in [0.1, 0.15) is 5.82 Å². The number of carbonyl (C=O) groups excluding carboxylic acids is 1. The van der Waals surface area contributed by atoms with E-state index in [0.717, 1.165) is 30.5 Å². The number of hydrogen-bond donors (Lipinski definition) is 1. The Kier molecular flexibility index (Phi) is 4.43. The van der Waals surface area contributed by atoms with Crippen molar-refractivity contribution in [1.82, 2.24) is 14.8 Å². The molecule has 2 unspecified atom stereocenters. The van der Waals surface area contributed by atoms with Crippen LogP contribution in [0.3, 0.4) is 0 Å². The maximum Gasteiger partial charge on any atom is 0.257 e. The van der Waals surface area contributed by atoms with Crippen molar-refractivity contribution in [2.24, 2.45) is 0 Å². The van der Waals surface area contributed by atoms with Gasteiger partial charge in [0.25, 0.3) is 5.91 Å². The number of piperazine rings is 1. The van der Waals surface area contributed by atoms with E-state index in [0.29, 0.717) is 24.5 Å². The van der Waals surface area contributed by atoms with Gasteiger partial charge in [0.05, 0.1) is 11.1 Å². The standard InChI is InChI=1S/C23H22FN3O2/c24-20-8-5-15(13-26-10-9-22(28)18-3-1-2-4-21(18)26)11-19(20)23(29)27-14-16-6-7-17(27)12-25-16/h1-5,8-11,16-17,25H,6-7,12-14H2. The number of nitrogens with zero attached hydrogens (tertiary/aromatic N) is 2. The number of amides is 1. The molecule has 0 spiro atoms. The van der Waals surface area contributed by atoms with Gasteiger partial charge in [-0.05, 0) is 42.7 Å². The first-order valence-electron chi connectivity index (χ1n) is 10.0. The zero-order valence-electron chi connectivity index (χ0n) is 16.0. The Bertz CT molecular complexity index is 1150. The summed E-state index contributed by atoms with van der Waals surface area (Å²) in [6.45, 7) is 1.87. The second-order valence-corrected chi connectivity index (χ2v) is 7.93. The van der Waals surface area contributed by atoms with Crippen LogP contribution in [0.25, 0.3) is 10.9 Å². The van der Waals surface area contributed by atoms with Crippen molar-refractivity contribution >= 4 is 16.8 Å². The van der Waals surface area contributed by atoms with Gasteiger partial charge in [0.15, 0.2) is 5.43 Å². The Morgan fingerprint density at radius 2 is 2.00 bits per heavy atom. The van der Waals surface area contributed by atoms with Gasteiger partial charge in [0, 0.05) is 49.4 Å². The summed E-state index contributed by atoms with van der Waals surface area (Å²) in [5.41, 5.74) is 1.74. The molecule has 0 radical (unpaired) electrons. The predicted octanol–water partition coefficient (Wildman–Crippen LogP) is 2.77. The van der Waals surface area contributed by atoms with Crippen molar-refractivity contribution in [2.45, 2.75) is 31.5 Å². The molecule has 2 aromatic carbocycles. The second-order valence-electron chi connectivity index (χ2n) is 7.93. The molecule has 5 nitrogen and oxygen atoms in total. The number of pyridine rings is 1. The minimum Gasteiger partial charge on any atom is -0.343 e. The molecule has 1 amide bonds. The van der Waals surface area contributed by atoms with Gasteiger partial charge < -0.3 is 14.8 Å². The molecule has 0 aliphatic carbocycles. The lowest BCUT2D eigenvalue weighted by Crippen LogP contribution is -2.62. The van der Waals surface area contributed by atoms with E-state index in [4.69, 9.17) is 0 Å². The van der Waals surface area contributed by atoms with Crippen LogP contribution in [0.5, 0.6) is 0 Å². The normalized spacial score (nSPS) is 20.9. The van der Waals surface area contributed by atoms with Gasteiger partial charge in [-0.2, -0.15) is 0 Å². The van der Waals surface area contributed by atoms with E-state index in [1.807, 2.05) is 27.7 Å². The van der Waals surface area contributed by atoms with Crippen LogP contribution < -0.4 is 10.7 Å². The molecule has 6 rings (SSSR count). The Morgan fingerprint density at radius 1 is 1.14 bits per heavy atom. The third-order valence-electron chi connectivity index (χ3n) is 6.11. The van der Waals surface area contributed by atoms with Crippen molar-refractivity contribution in [3.05, 3.63) is 81.9 Å². The Labute approximate surface area is 167 Å². The summed E-state index contributed by atoms with van der Waals surface area (Å²) in [4.78, 5) is 27.0. The molecular weight excluding hydrogens is 369 g/mol. The molecule has 4 heterocycles. The van der Waals surface area contributed by atoms with Gasteiger partial charge in [-0.3, -0.25) is 9.59 Å². The molecule has 1 aromatic heterocycles. The third kappa shape index (κ3) is 3.23. The zero-order chi connectivity index (χ0) is 20.0. The van der Waals surface area contributed by atoms with Gasteiger partial charge in [0.2, 0.25) is 0 Å². The van der Waals surface area contributed by atoms with E-state index in [-0.39, 0.29) is 22.9 Å². The van der Waals surface area contributed by atoms with Crippen molar-refractivity contribution in [1.29, 1.82) is 0 Å². The van der Waals surface area contributed by atoms with E-state index in [1.54, 1.807) is 24.4 Å². The summed E-state index contributed by atoms with van der Waals surface area (Å²) in [7, 11) is 0. The third-order valence-corrected chi connectivity index (χ3v) is 6.11. The fourth-order valence-electron chi connectivity index (χ4n) is 4.54. The fourth-order valence-corrected chi connectivity index (χ4v) is 4.54. The predicted molar refractivity (Wildman–Crippen MR) is 110 cm³/mol. The first-order valence-corrected chi connectivity index (χ1v) is 10.0. The Hall–Kier alpha value is -2.99. The van der Waals surface area contributed by atoms with E-state index in [9.17, 15) is 14.0 Å². The van der Waals surface area contributed by atoms with Crippen LogP contribution in [0, 0.1) is 5.82 Å². The van der Waals surface area contributed by atoms with E-state index in [1.165, 1.54) is 12.1 Å². The molecule has 1 N–H and O–H groups in total. The monoisotopic (exact) mass is 391 g/mol. The van der Waals surface area contributed by atoms with E-state index >= 15 is 0 Å². The minimum absolute atomic E-state index is 0.0272. The summed E-state index contributed by atoms with van der Waals surface area (Å²) >= 11 is 0. The fraction of sp³-hybridized carbons (Fsp3) is 0.304. The number of nitrogens with one attached hydrogen (secondary N) is 1. The summed E-state index contributed by atoms with van der Waals surface area (Å²) in [6.07, 6.45) is 3.77. The summed E-state index contributed by atoms with van der Waals surface area (Å²) in [6, 6.07) is 14.1. The molecule has 29 heavy (non-hydrogen) atoms. The summed E-state index contributed by atoms with van der Waals surface area (Å²) in [5.74, 6) is -0.719. The molecule has 2 bridgehead atoms. The highest BCUT2D eigenvalue weighted by Crippen LogP contribution is 2.25. The minimum atomic E-state index is -0.488. The molecule has 3 aliphatic heterocycles. The molecule has 3 saturated heterocycles. The number of rotatable bonds is 3. The molecule has 2 atom stereocenters. The summed E-state index contributed by atoms with van der Waals surface area (Å²) < 4.78 is 16.5. The van der Waals surface area contributed by atoms with Gasteiger partial charge in [-0.15, -0.1) is 0 Å². The smallest absolute Gasteiger partial charge is 0.257 e. The lowest BCUT2D eigenvalue weighted by Gasteiger charge is -2.46. The van der Waals surface area contributed by atoms with Gasteiger partial charge >= 0.3 is 0 Å². The second kappa shape index (κ2) is 7.12. The van der Waals surface area contributed by atoms with Crippen LogP contribution in [0.4, 0.5) is 4.39 Å². The molecule has 0 saturated carbocycles. The van der Waals surface area contributed by atoms with Crippen LogP contribution in [0.15, 0.2) is 59.5 Å². The number of para-hydroxylation sites is 1. The highest BCUT2D eigenvalue weighted by molar-refractivity contribution is 5.95. The molecular formula is C23H22FN3O2. The number of piperidine rings is 2. The van der Waals surface area contributed by atoms with Gasteiger partial charge in [-0.25, -0.2) is 4.39 Å². The average Bonchev–Trinajstić information content (AvgIpc) is 2.77. The number of aromatic nitrogens is 1. The van der Waals surface area contributed by atoms with E-state index in [2.05, 4.69) is 5.32 Å². The number of benzene rings is 2. The van der Waals surface area contributed by atoms with Gasteiger partial charge in [-0.1, -0.05) is 18.2 Å². The average molecular weight is 391 g/mol. The zero-order valence-corrected chi connectivity index (χ0v) is 16.0. The summed E-state index contributed by atoms with van der Waals surface area (Å²) in [5, 5.41) is 4.06. The SMILES string of the molecule is O=C(c1cc(Cn2ccc(=O)c3ccccc32)ccc1F)N1CC2CCC1CN2. The lowest BCUT2D eigenvalue weighted by molar-refractivity contribution is 0.0436. The molecule has 148 valence electrons. The number of halogens is 1. The van der Waals surface area contributed by atoms with Crippen LogP contribution in [0.2, 0.25) is 0 Å². The molecule has 6 heteroatoms. The number of fused-ring (bicyclic) bond motifs is 4. The topological polar surface area (TPSA) is 54.3 Å². The highest BCUT2D eigenvalue weighted by Gasteiger charge is 2.37. The molecule has 3 aliphatic rings. The van der Waals surface area contributed by atoms with Crippen molar-refractivity contribution in [3.8, 4) is 0 Å². The van der Waals surface area contributed by atoms with Crippen LogP contribution >= 0.6 is 0 Å². The van der Waals surface area contributed by atoms with Crippen LogP contribution in [-0.4, -0.2) is 40.5 Å². The maximum atomic E-state index is 14.6. The van der Waals surface area contributed by atoms with Crippen LogP contribution in [-0.2, 0) is 6.54 Å². The Morgan fingerprint density at radius 3 is 2.76 bits per heavy atom. The lowest BCUT2D eigenvalue weighted by atomic mass is 9.92. The quantitative estimate of drug-likeness (QED) is 0.747. The largest absolute Gasteiger partial charge is 0.343 e. The van der Waals surface area contributed by atoms with E-state index < -0.39 is 5.82 Å². The van der Waals surface area contributed by atoms with Crippen molar-refractivity contribution in [3.63, 3.8) is 0 Å².